The lowest BCUT2D eigenvalue weighted by Crippen LogP contribution is -2.42. The van der Waals surface area contributed by atoms with Crippen molar-refractivity contribution in [2.45, 2.75) is 13.5 Å². The molecule has 5 rings (SSSR count). The zero-order chi connectivity index (χ0) is 19.1. The van der Waals surface area contributed by atoms with Crippen LogP contribution in [0.5, 0.6) is 0 Å². The first-order chi connectivity index (χ1) is 13.7. The molecule has 4 nitrogen and oxygen atoms in total. The molecule has 0 amide bonds. The van der Waals surface area contributed by atoms with Crippen molar-refractivity contribution in [3.8, 4) is 0 Å². The second kappa shape index (κ2) is 6.57. The average molecular weight is 368 g/mol. The molecule has 0 spiro atoms. The smallest absolute Gasteiger partial charge is 0.343 e. The van der Waals surface area contributed by atoms with Gasteiger partial charge < -0.3 is 14.2 Å². The maximum Gasteiger partial charge on any atom is 0.343 e. The quantitative estimate of drug-likeness (QED) is 0.455. The molecule has 0 unspecified atom stereocenters. The van der Waals surface area contributed by atoms with Crippen molar-refractivity contribution in [3.05, 3.63) is 100 Å². The van der Waals surface area contributed by atoms with E-state index in [1.54, 1.807) is 0 Å². The van der Waals surface area contributed by atoms with E-state index in [0.717, 1.165) is 22.4 Å². The molecule has 1 aromatic heterocycles. The predicted molar refractivity (Wildman–Crippen MR) is 113 cm³/mol. The number of hydrogen-bond donors (Lipinski definition) is 0. The van der Waals surface area contributed by atoms with Crippen molar-refractivity contribution < 1.29 is 4.42 Å². The minimum absolute atomic E-state index is 0.270. The molecule has 28 heavy (non-hydrogen) atoms. The first-order valence-corrected chi connectivity index (χ1v) is 9.40. The molecular formula is C24H20N2O2. The van der Waals surface area contributed by atoms with E-state index >= 15 is 0 Å². The zero-order valence-electron chi connectivity index (χ0n) is 15.6. The molecule has 2 heterocycles. The minimum atomic E-state index is -0.270. The van der Waals surface area contributed by atoms with Crippen LogP contribution in [0.1, 0.15) is 11.1 Å². The Morgan fingerprint density at radius 1 is 0.857 bits per heavy atom. The molecule has 0 bridgehead atoms. The van der Waals surface area contributed by atoms with Gasteiger partial charge in [0.2, 0.25) is 0 Å². The van der Waals surface area contributed by atoms with Crippen LogP contribution in [0.4, 0.5) is 17.1 Å². The second-order valence-corrected chi connectivity index (χ2v) is 7.10. The molecule has 0 N–H and O–H groups in total. The van der Waals surface area contributed by atoms with E-state index in [2.05, 4.69) is 41.0 Å². The van der Waals surface area contributed by atoms with Gasteiger partial charge in [-0.25, -0.2) is 4.79 Å². The van der Waals surface area contributed by atoms with Crippen molar-refractivity contribution in [3.63, 3.8) is 0 Å². The first kappa shape index (κ1) is 16.6. The highest BCUT2D eigenvalue weighted by molar-refractivity contribution is 5.95. The molecule has 0 saturated heterocycles. The van der Waals surface area contributed by atoms with Crippen LogP contribution in [0.25, 0.3) is 11.0 Å². The number of fused-ring (bicyclic) bond motifs is 3. The van der Waals surface area contributed by atoms with Gasteiger partial charge in [-0.1, -0.05) is 48.5 Å². The van der Waals surface area contributed by atoms with Gasteiger partial charge in [-0.3, -0.25) is 0 Å². The topological polar surface area (TPSA) is 36.7 Å². The maximum atomic E-state index is 12.9. The third kappa shape index (κ3) is 2.65. The van der Waals surface area contributed by atoms with Gasteiger partial charge in [0.25, 0.3) is 0 Å². The highest BCUT2D eigenvalue weighted by Crippen LogP contribution is 2.39. The molecule has 0 atom stereocenters. The Kier molecular flexibility index (Phi) is 3.90. The molecule has 4 aromatic rings. The highest BCUT2D eigenvalue weighted by Gasteiger charge is 2.29. The first-order valence-electron chi connectivity index (χ1n) is 9.40. The maximum absolute atomic E-state index is 12.9. The summed E-state index contributed by atoms with van der Waals surface area (Å²) in [4.78, 5) is 17.3. The second-order valence-electron chi connectivity index (χ2n) is 7.10. The van der Waals surface area contributed by atoms with Gasteiger partial charge in [0.15, 0.2) is 0 Å². The monoisotopic (exact) mass is 368 g/mol. The van der Waals surface area contributed by atoms with Gasteiger partial charge in [-0.2, -0.15) is 0 Å². The summed E-state index contributed by atoms with van der Waals surface area (Å²) in [6, 6.07) is 26.2. The third-order valence-electron chi connectivity index (χ3n) is 5.33. The van der Waals surface area contributed by atoms with E-state index in [4.69, 9.17) is 4.42 Å². The summed E-state index contributed by atoms with van der Waals surface area (Å²) in [5, 5.41) is 0.963. The van der Waals surface area contributed by atoms with Crippen molar-refractivity contribution in [1.82, 2.24) is 0 Å². The number of hydrogen-bond acceptors (Lipinski definition) is 4. The average Bonchev–Trinajstić information content (AvgIpc) is 2.74. The van der Waals surface area contributed by atoms with E-state index in [1.165, 1.54) is 5.56 Å². The molecule has 3 aromatic carbocycles. The standard InChI is InChI=1S/C24H20N2O2/c1-17-9-5-7-13-21(17)25-15-20-23(26(16-25)18-10-3-2-4-11-18)19-12-6-8-14-22(19)28-24(20)27/h2-14H,15-16H2,1H3. The molecule has 0 radical (unpaired) electrons. The van der Waals surface area contributed by atoms with Crippen LogP contribution in [0.3, 0.4) is 0 Å². The minimum Gasteiger partial charge on any atom is -0.422 e. The van der Waals surface area contributed by atoms with Crippen LogP contribution in [0.2, 0.25) is 0 Å². The normalized spacial score (nSPS) is 13.6. The Bertz CT molecular complexity index is 1210. The molecule has 0 saturated carbocycles. The van der Waals surface area contributed by atoms with Gasteiger partial charge in [0, 0.05) is 16.8 Å². The van der Waals surface area contributed by atoms with Crippen LogP contribution < -0.4 is 15.4 Å². The summed E-state index contributed by atoms with van der Waals surface area (Å²) in [7, 11) is 0. The van der Waals surface area contributed by atoms with E-state index in [9.17, 15) is 4.79 Å². The lowest BCUT2D eigenvalue weighted by molar-refractivity contribution is 0.543. The molecule has 138 valence electrons. The number of aryl methyl sites for hydroxylation is 1. The fourth-order valence-electron chi connectivity index (χ4n) is 4.00. The summed E-state index contributed by atoms with van der Waals surface area (Å²) < 4.78 is 5.65. The largest absolute Gasteiger partial charge is 0.422 e. The van der Waals surface area contributed by atoms with Crippen LogP contribution >= 0.6 is 0 Å². The van der Waals surface area contributed by atoms with Crippen LogP contribution in [0.15, 0.2) is 88.1 Å². The molecule has 1 aliphatic rings. The van der Waals surface area contributed by atoms with Crippen LogP contribution in [0, 0.1) is 6.92 Å². The Balaban J connectivity index is 1.76. The summed E-state index contributed by atoms with van der Waals surface area (Å²) in [6.07, 6.45) is 0. The lowest BCUT2D eigenvalue weighted by atomic mass is 10.0. The Hall–Kier alpha value is -3.53. The fraction of sp³-hybridized carbons (Fsp3) is 0.125. The van der Waals surface area contributed by atoms with Gasteiger partial charge in [-0.05, 0) is 42.8 Å². The number of anilines is 3. The van der Waals surface area contributed by atoms with Gasteiger partial charge >= 0.3 is 5.63 Å². The van der Waals surface area contributed by atoms with Crippen molar-refractivity contribution in [2.75, 3.05) is 16.5 Å². The SMILES string of the molecule is Cc1ccccc1N1Cc2c(c3ccccc3oc2=O)N(c2ccccc2)C1. The number of nitrogens with zero attached hydrogens (tertiary/aromatic N) is 2. The van der Waals surface area contributed by atoms with Crippen molar-refractivity contribution >= 4 is 28.0 Å². The van der Waals surface area contributed by atoms with E-state index in [-0.39, 0.29) is 5.63 Å². The summed E-state index contributed by atoms with van der Waals surface area (Å²) in [5.41, 5.74) is 5.35. The molecule has 0 fully saturated rings. The number of rotatable bonds is 2. The summed E-state index contributed by atoms with van der Waals surface area (Å²) in [5.74, 6) is 0. The highest BCUT2D eigenvalue weighted by atomic mass is 16.4. The van der Waals surface area contributed by atoms with Gasteiger partial charge in [-0.15, -0.1) is 0 Å². The predicted octanol–water partition coefficient (Wildman–Crippen LogP) is 5.22. The fourth-order valence-corrected chi connectivity index (χ4v) is 4.00. The summed E-state index contributed by atoms with van der Waals surface area (Å²) in [6.45, 7) is 3.28. The zero-order valence-corrected chi connectivity index (χ0v) is 15.6. The Morgan fingerprint density at radius 2 is 1.57 bits per heavy atom. The van der Waals surface area contributed by atoms with Crippen molar-refractivity contribution in [1.29, 1.82) is 0 Å². The number of para-hydroxylation sites is 3. The Labute approximate surface area is 163 Å². The summed E-state index contributed by atoms with van der Waals surface area (Å²) >= 11 is 0. The molecular weight excluding hydrogens is 348 g/mol. The van der Waals surface area contributed by atoms with Crippen LogP contribution in [-0.2, 0) is 6.54 Å². The molecule has 4 heteroatoms. The van der Waals surface area contributed by atoms with E-state index in [1.807, 2.05) is 54.6 Å². The van der Waals surface area contributed by atoms with Crippen molar-refractivity contribution in [2.24, 2.45) is 0 Å². The molecule has 1 aliphatic heterocycles. The number of benzene rings is 3. The van der Waals surface area contributed by atoms with Crippen LogP contribution in [-0.4, -0.2) is 6.67 Å². The molecule has 0 aliphatic carbocycles. The van der Waals surface area contributed by atoms with E-state index < -0.39 is 0 Å². The Morgan fingerprint density at radius 3 is 2.39 bits per heavy atom. The van der Waals surface area contributed by atoms with Gasteiger partial charge in [0.1, 0.15) is 5.58 Å². The third-order valence-corrected chi connectivity index (χ3v) is 5.33. The van der Waals surface area contributed by atoms with Gasteiger partial charge in [0.05, 0.1) is 24.5 Å². The van der Waals surface area contributed by atoms with E-state index in [0.29, 0.717) is 24.4 Å². The lowest BCUT2D eigenvalue weighted by Gasteiger charge is -2.40.